The second-order valence-corrected chi connectivity index (χ2v) is 12.3. The third-order valence-corrected chi connectivity index (χ3v) is 8.92. The van der Waals surface area contributed by atoms with Crippen LogP contribution in [0.25, 0.3) is 10.9 Å². The van der Waals surface area contributed by atoms with Gasteiger partial charge in [0.15, 0.2) is 0 Å². The molecule has 0 bridgehead atoms. The average molecular weight is 657 g/mol. The Morgan fingerprint density at radius 3 is 2.42 bits per heavy atom. The highest BCUT2D eigenvalue weighted by molar-refractivity contribution is 7.89. The van der Waals surface area contributed by atoms with Crippen LogP contribution in [0.1, 0.15) is 12.1 Å². The number of pyridine rings is 1. The number of non-ortho nitro benzene ring substituents is 1. The number of methoxy groups -OCH3 is 1. The van der Waals surface area contributed by atoms with Gasteiger partial charge in [-0.3, -0.25) is 19.9 Å². The molecule has 0 unspecified atom stereocenters. The number of sulfonamides is 1. The molecule has 0 spiro atoms. The lowest BCUT2D eigenvalue weighted by Gasteiger charge is -2.23. The van der Waals surface area contributed by atoms with Crippen molar-refractivity contribution in [2.75, 3.05) is 55.8 Å². The molecule has 1 amide bonds. The minimum Gasteiger partial charge on any atom is -0.497 e. The van der Waals surface area contributed by atoms with Gasteiger partial charge in [-0.1, -0.05) is 11.6 Å². The SMILES string of the molecule is COc1ccc(S(=O)(=O)N(CCNc2cc(C)nc3ccc(Cl)cc23)CCC(=O)Nc2cc([N+](=O)[O-])ccc2NCCO)cc1. The highest BCUT2D eigenvalue weighted by Crippen LogP contribution is 2.28. The van der Waals surface area contributed by atoms with E-state index in [1.54, 1.807) is 18.2 Å². The predicted molar refractivity (Wildman–Crippen MR) is 174 cm³/mol. The number of nitro groups is 1. The topological polar surface area (TPSA) is 176 Å². The smallest absolute Gasteiger partial charge is 0.271 e. The Kier molecular flexibility index (Phi) is 11.1. The van der Waals surface area contributed by atoms with Crippen molar-refractivity contribution in [3.05, 3.63) is 87.6 Å². The Labute approximate surface area is 265 Å². The number of aliphatic hydroxyl groups is 1. The summed E-state index contributed by atoms with van der Waals surface area (Å²) >= 11 is 6.21. The monoisotopic (exact) mass is 656 g/mol. The fourth-order valence-corrected chi connectivity index (χ4v) is 6.19. The van der Waals surface area contributed by atoms with Crippen LogP contribution < -0.4 is 20.7 Å². The molecule has 0 saturated carbocycles. The fourth-order valence-electron chi connectivity index (χ4n) is 4.57. The number of carbonyl (C=O) groups is 1. The van der Waals surface area contributed by atoms with Crippen LogP contribution in [0.15, 0.2) is 71.6 Å². The summed E-state index contributed by atoms with van der Waals surface area (Å²) in [6.07, 6.45) is -0.246. The Hall–Kier alpha value is -4.50. The van der Waals surface area contributed by atoms with Crippen molar-refractivity contribution < 1.29 is 28.0 Å². The quantitative estimate of drug-likeness (QED) is 0.104. The maximum atomic E-state index is 13.7. The number of amides is 1. The zero-order valence-corrected chi connectivity index (χ0v) is 26.2. The van der Waals surface area contributed by atoms with E-state index in [0.717, 1.165) is 22.3 Å². The molecule has 15 heteroatoms. The largest absolute Gasteiger partial charge is 0.497 e. The second-order valence-electron chi connectivity index (χ2n) is 9.91. The lowest BCUT2D eigenvalue weighted by atomic mass is 10.1. The number of aliphatic hydroxyl groups excluding tert-OH is 1. The highest BCUT2D eigenvalue weighted by atomic mass is 35.5. The van der Waals surface area contributed by atoms with E-state index >= 15 is 0 Å². The predicted octanol–water partition coefficient (Wildman–Crippen LogP) is 4.65. The van der Waals surface area contributed by atoms with Crippen LogP contribution in [-0.4, -0.2) is 73.5 Å². The van der Waals surface area contributed by atoms with Crippen molar-refractivity contribution in [3.8, 4) is 5.75 Å². The zero-order valence-electron chi connectivity index (χ0n) is 24.6. The Balaban J connectivity index is 1.54. The second kappa shape index (κ2) is 15.0. The molecule has 13 nitrogen and oxygen atoms in total. The van der Waals surface area contributed by atoms with Crippen molar-refractivity contribution in [1.29, 1.82) is 0 Å². The molecule has 3 aromatic carbocycles. The molecular formula is C30H33ClN6O7S. The van der Waals surface area contributed by atoms with E-state index in [4.69, 9.17) is 21.4 Å². The molecule has 4 aromatic rings. The maximum absolute atomic E-state index is 13.7. The average Bonchev–Trinajstić information content (AvgIpc) is 3.02. The number of benzene rings is 3. The Bertz CT molecular complexity index is 1790. The van der Waals surface area contributed by atoms with Crippen LogP contribution in [0.4, 0.5) is 22.7 Å². The molecule has 4 rings (SSSR count). The number of hydrogen-bond acceptors (Lipinski definition) is 10. The number of nitrogens with zero attached hydrogens (tertiary/aromatic N) is 3. The molecular weight excluding hydrogens is 624 g/mol. The summed E-state index contributed by atoms with van der Waals surface area (Å²) in [4.78, 5) is 28.3. The van der Waals surface area contributed by atoms with Gasteiger partial charge in [-0.2, -0.15) is 4.31 Å². The molecule has 4 N–H and O–H groups in total. The normalized spacial score (nSPS) is 11.4. The van der Waals surface area contributed by atoms with E-state index < -0.39 is 20.9 Å². The van der Waals surface area contributed by atoms with Crippen LogP contribution in [0.2, 0.25) is 5.02 Å². The first-order valence-electron chi connectivity index (χ1n) is 13.9. The maximum Gasteiger partial charge on any atom is 0.271 e. The lowest BCUT2D eigenvalue weighted by molar-refractivity contribution is -0.384. The number of halogens is 1. The first kappa shape index (κ1) is 33.4. The van der Waals surface area contributed by atoms with Gasteiger partial charge in [0, 0.05) is 66.5 Å². The van der Waals surface area contributed by atoms with Crippen molar-refractivity contribution >= 4 is 61.2 Å². The van der Waals surface area contributed by atoms with Crippen LogP contribution in [0, 0.1) is 17.0 Å². The number of hydrogen-bond donors (Lipinski definition) is 4. The van der Waals surface area contributed by atoms with E-state index in [9.17, 15) is 23.3 Å². The molecule has 238 valence electrons. The number of nitro benzene ring substituents is 1. The Morgan fingerprint density at radius 1 is 1.00 bits per heavy atom. The number of fused-ring (bicyclic) bond motifs is 1. The summed E-state index contributed by atoms with van der Waals surface area (Å²) in [5.41, 5.74) is 2.49. The number of aryl methyl sites for hydroxylation is 1. The number of carbonyl (C=O) groups excluding carboxylic acids is 1. The molecule has 0 atom stereocenters. The number of ether oxygens (including phenoxy) is 1. The van der Waals surface area contributed by atoms with Crippen LogP contribution in [-0.2, 0) is 14.8 Å². The van der Waals surface area contributed by atoms with Gasteiger partial charge in [-0.05, 0) is 61.5 Å². The number of rotatable bonds is 15. The summed E-state index contributed by atoms with van der Waals surface area (Å²) in [6, 6.07) is 17.0. The summed E-state index contributed by atoms with van der Waals surface area (Å²) in [6.45, 7) is 1.83. The van der Waals surface area contributed by atoms with Gasteiger partial charge in [0.1, 0.15) is 5.75 Å². The van der Waals surface area contributed by atoms with Gasteiger partial charge < -0.3 is 25.8 Å². The molecule has 0 aliphatic carbocycles. The molecule has 0 aliphatic heterocycles. The molecule has 45 heavy (non-hydrogen) atoms. The molecule has 0 aliphatic rings. The summed E-state index contributed by atoms with van der Waals surface area (Å²) in [5, 5.41) is 30.6. The standard InChI is InChI=1S/C30H33ClN6O7S/c1-20-17-28(25-18-21(31)3-9-26(25)34-20)32-12-15-36(45(42,43)24-7-5-23(44-2)6-8-24)14-11-30(39)35-29-19-22(37(40)41)4-10-27(29)33-13-16-38/h3-10,17-19,33,38H,11-16H2,1-2H3,(H,32,34)(H,35,39). The van der Waals surface area contributed by atoms with Crippen molar-refractivity contribution in [2.24, 2.45) is 0 Å². The first-order valence-corrected chi connectivity index (χ1v) is 15.7. The van der Waals surface area contributed by atoms with Crippen LogP contribution in [0.5, 0.6) is 5.75 Å². The van der Waals surface area contributed by atoms with Gasteiger partial charge in [-0.25, -0.2) is 8.42 Å². The van der Waals surface area contributed by atoms with Gasteiger partial charge in [0.2, 0.25) is 15.9 Å². The van der Waals surface area contributed by atoms with Crippen molar-refractivity contribution in [1.82, 2.24) is 9.29 Å². The number of anilines is 3. The Morgan fingerprint density at radius 2 is 1.73 bits per heavy atom. The zero-order chi connectivity index (χ0) is 32.6. The van der Waals surface area contributed by atoms with Gasteiger partial charge >= 0.3 is 0 Å². The summed E-state index contributed by atoms with van der Waals surface area (Å²) in [7, 11) is -2.57. The van der Waals surface area contributed by atoms with Gasteiger partial charge in [-0.15, -0.1) is 0 Å². The highest BCUT2D eigenvalue weighted by Gasteiger charge is 2.25. The van der Waals surface area contributed by atoms with E-state index in [2.05, 4.69) is 20.9 Å². The molecule has 1 heterocycles. The molecule has 0 saturated heterocycles. The summed E-state index contributed by atoms with van der Waals surface area (Å²) in [5.74, 6) is -0.0708. The first-order chi connectivity index (χ1) is 21.5. The number of aromatic nitrogens is 1. The van der Waals surface area contributed by atoms with E-state index in [0.29, 0.717) is 16.5 Å². The molecule has 0 radical (unpaired) electrons. The lowest BCUT2D eigenvalue weighted by Crippen LogP contribution is -2.37. The van der Waals surface area contributed by atoms with Gasteiger partial charge in [0.25, 0.3) is 5.69 Å². The van der Waals surface area contributed by atoms with Crippen molar-refractivity contribution in [3.63, 3.8) is 0 Å². The summed E-state index contributed by atoms with van der Waals surface area (Å²) < 4.78 is 33.8. The molecule has 1 aromatic heterocycles. The molecule has 0 fully saturated rings. The number of nitrogens with one attached hydrogen (secondary N) is 3. The van der Waals surface area contributed by atoms with E-state index in [-0.39, 0.29) is 55.5 Å². The minimum atomic E-state index is -4.05. The fraction of sp³-hybridized carbons (Fsp3) is 0.267. The van der Waals surface area contributed by atoms with Crippen LogP contribution >= 0.6 is 11.6 Å². The van der Waals surface area contributed by atoms with Crippen LogP contribution in [0.3, 0.4) is 0 Å². The third-order valence-electron chi connectivity index (χ3n) is 6.78. The van der Waals surface area contributed by atoms with Crippen molar-refractivity contribution in [2.45, 2.75) is 18.2 Å². The van der Waals surface area contributed by atoms with Gasteiger partial charge in [0.05, 0.1) is 40.4 Å². The van der Waals surface area contributed by atoms with E-state index in [1.165, 1.54) is 53.9 Å². The van der Waals surface area contributed by atoms with E-state index in [1.807, 2.05) is 13.0 Å². The third kappa shape index (κ3) is 8.57. The minimum absolute atomic E-state index is 0.00515.